The minimum absolute atomic E-state index is 0.214. The number of hydrogen-bond acceptors (Lipinski definition) is 2. The van der Waals surface area contributed by atoms with Crippen LogP contribution >= 0.6 is 0 Å². The molecule has 1 aliphatic rings. The van der Waals surface area contributed by atoms with Gasteiger partial charge in [0.1, 0.15) is 0 Å². The van der Waals surface area contributed by atoms with Crippen LogP contribution in [0.25, 0.3) is 11.1 Å². The van der Waals surface area contributed by atoms with E-state index in [1.165, 1.54) is 24.3 Å². The van der Waals surface area contributed by atoms with Crippen molar-refractivity contribution in [3.8, 4) is 22.6 Å². The van der Waals surface area contributed by atoms with Gasteiger partial charge < -0.3 is 0 Å². The molecular weight excluding hydrogens is 562 g/mol. The Hall–Kier alpha value is -3.06. The first kappa shape index (κ1) is 24.6. The topological polar surface area (TPSA) is 18.5 Å². The maximum absolute atomic E-state index is 13.0. The molecule has 0 unspecified atom stereocenters. The summed E-state index contributed by atoms with van der Waals surface area (Å²) in [6.45, 7) is 0. The monoisotopic (exact) mass is 577 g/mol. The Bertz CT molecular complexity index is 1260. The quantitative estimate of drug-likeness (QED) is 0.222. The summed E-state index contributed by atoms with van der Waals surface area (Å²) in [4.78, 5) is 0. The molecular formula is C27H17F6O2Zr. The van der Waals surface area contributed by atoms with Crippen LogP contribution in [0, 0.1) is 0 Å². The van der Waals surface area contributed by atoms with Gasteiger partial charge in [-0.2, -0.15) is 0 Å². The van der Waals surface area contributed by atoms with Crippen molar-refractivity contribution in [1.29, 1.82) is 0 Å². The van der Waals surface area contributed by atoms with E-state index in [-0.39, 0.29) is 15.1 Å². The zero-order chi connectivity index (χ0) is 25.5. The Morgan fingerprint density at radius 3 is 1.22 bits per heavy atom. The summed E-state index contributed by atoms with van der Waals surface area (Å²) in [5, 5.41) is 0. The van der Waals surface area contributed by atoms with E-state index in [0.717, 1.165) is 46.5 Å². The van der Waals surface area contributed by atoms with E-state index in [0.29, 0.717) is 0 Å². The van der Waals surface area contributed by atoms with Crippen LogP contribution in [0.2, 0.25) is 0 Å². The normalized spacial score (nSPS) is 13.2. The second kappa shape index (κ2) is 9.43. The molecule has 0 heterocycles. The van der Waals surface area contributed by atoms with Gasteiger partial charge in [-0.25, -0.2) is 0 Å². The van der Waals surface area contributed by atoms with Crippen molar-refractivity contribution < 1.29 is 54.6 Å². The summed E-state index contributed by atoms with van der Waals surface area (Å²) in [7, 11) is 0. The van der Waals surface area contributed by atoms with Crippen molar-refractivity contribution in [2.45, 2.75) is 16.0 Å². The molecule has 0 aromatic heterocycles. The van der Waals surface area contributed by atoms with Crippen LogP contribution in [0.1, 0.15) is 25.9 Å². The molecule has 0 bridgehead atoms. The van der Waals surface area contributed by atoms with Gasteiger partial charge in [-0.3, -0.25) is 0 Å². The molecule has 0 N–H and O–H groups in total. The molecule has 183 valence electrons. The molecule has 36 heavy (non-hydrogen) atoms. The minimum atomic E-state index is -4.49. The summed E-state index contributed by atoms with van der Waals surface area (Å²) < 4.78 is 90.4. The molecule has 1 aliphatic carbocycles. The van der Waals surface area contributed by atoms with Crippen LogP contribution in [0.4, 0.5) is 26.3 Å². The summed E-state index contributed by atoms with van der Waals surface area (Å²) in [6.07, 6.45) is -8.97. The Morgan fingerprint density at radius 2 is 0.861 bits per heavy atom. The van der Waals surface area contributed by atoms with Gasteiger partial charge in [0.2, 0.25) is 0 Å². The Balaban J connectivity index is 1.53. The molecule has 0 radical (unpaired) electrons. The molecule has 0 saturated heterocycles. The van der Waals surface area contributed by atoms with Gasteiger partial charge >= 0.3 is 213 Å². The van der Waals surface area contributed by atoms with Gasteiger partial charge in [0, 0.05) is 0 Å². The first-order valence-electron chi connectivity index (χ1n) is 10.9. The third-order valence-corrected chi connectivity index (χ3v) is 10.7. The van der Waals surface area contributed by atoms with Crippen LogP contribution in [-0.2, 0) is 35.0 Å². The molecule has 9 heteroatoms. The zero-order valence-electron chi connectivity index (χ0n) is 18.4. The van der Waals surface area contributed by atoms with Gasteiger partial charge in [-0.1, -0.05) is 0 Å². The fourth-order valence-corrected chi connectivity index (χ4v) is 9.18. The molecule has 0 spiro atoms. The van der Waals surface area contributed by atoms with Crippen LogP contribution in [0.15, 0.2) is 97.1 Å². The molecule has 5 rings (SSSR count). The van der Waals surface area contributed by atoms with E-state index >= 15 is 0 Å². The van der Waals surface area contributed by atoms with E-state index in [1.807, 2.05) is 48.5 Å². The van der Waals surface area contributed by atoms with Crippen LogP contribution in [0.5, 0.6) is 11.5 Å². The Morgan fingerprint density at radius 1 is 0.500 bits per heavy atom. The predicted octanol–water partition coefficient (Wildman–Crippen LogP) is 8.40. The number of alkyl halides is 6. The third kappa shape index (κ3) is 4.94. The van der Waals surface area contributed by atoms with Crippen LogP contribution in [0.3, 0.4) is 0 Å². The predicted molar refractivity (Wildman–Crippen MR) is 118 cm³/mol. The van der Waals surface area contributed by atoms with Gasteiger partial charge in [0.05, 0.1) is 0 Å². The summed E-state index contributed by atoms with van der Waals surface area (Å²) in [6, 6.07) is 24.2. The summed E-state index contributed by atoms with van der Waals surface area (Å²) >= 11 is -3.64. The Labute approximate surface area is 212 Å². The summed E-state index contributed by atoms with van der Waals surface area (Å²) in [5.74, 6) is 0.428. The molecule has 2 nitrogen and oxygen atoms in total. The Kier molecular flexibility index (Phi) is 6.45. The van der Waals surface area contributed by atoms with Gasteiger partial charge in [-0.05, 0) is 0 Å². The van der Waals surface area contributed by atoms with E-state index in [9.17, 15) is 26.3 Å². The molecule has 0 aliphatic heterocycles. The molecule has 0 atom stereocenters. The molecule has 0 fully saturated rings. The fourth-order valence-electron chi connectivity index (χ4n) is 4.20. The third-order valence-electron chi connectivity index (χ3n) is 5.87. The van der Waals surface area contributed by atoms with Crippen molar-refractivity contribution in [2.75, 3.05) is 0 Å². The van der Waals surface area contributed by atoms with Crippen molar-refractivity contribution in [3.63, 3.8) is 0 Å². The molecule has 0 amide bonds. The second-order valence-electron chi connectivity index (χ2n) is 8.17. The molecule has 4 aromatic carbocycles. The standard InChI is InChI=1S/C13H9.2C7H5F3O.Zr/c1-3-7-12-10(5-1)9-11-6-2-4-8-13(11)12;2*8-7(9,10)5-1-3-6(11)4-2-5;/h1-9H;2*1-4,11H;/q;;;+2/p-2. The van der Waals surface area contributed by atoms with E-state index in [1.54, 1.807) is 0 Å². The van der Waals surface area contributed by atoms with E-state index in [2.05, 4.69) is 0 Å². The van der Waals surface area contributed by atoms with E-state index in [4.69, 9.17) is 5.63 Å². The average molecular weight is 579 g/mol. The SMILES string of the molecule is FC(F)(F)c1ccc([O][Zr]([O]c2ccc(C(F)(F)F)cc2)[CH]2c3ccccc3-c3ccccc32)cc1. The summed E-state index contributed by atoms with van der Waals surface area (Å²) in [5.41, 5.74) is 2.32. The number of hydrogen-bond donors (Lipinski definition) is 0. The van der Waals surface area contributed by atoms with E-state index < -0.39 is 46.1 Å². The fraction of sp³-hybridized carbons (Fsp3) is 0.111. The van der Waals surface area contributed by atoms with Crippen molar-refractivity contribution >= 4 is 0 Å². The van der Waals surface area contributed by atoms with Crippen LogP contribution in [-0.4, -0.2) is 0 Å². The molecule has 4 aromatic rings. The van der Waals surface area contributed by atoms with Crippen LogP contribution < -0.4 is 5.63 Å². The number of benzene rings is 4. The first-order valence-corrected chi connectivity index (χ1v) is 14.3. The second-order valence-corrected chi connectivity index (χ2v) is 12.2. The van der Waals surface area contributed by atoms with Crippen molar-refractivity contribution in [3.05, 3.63) is 119 Å². The zero-order valence-corrected chi connectivity index (χ0v) is 20.9. The average Bonchev–Trinajstić information content (AvgIpc) is 3.18. The number of fused-ring (bicyclic) bond motifs is 3. The number of rotatable bonds is 5. The maximum atomic E-state index is 13.0. The van der Waals surface area contributed by atoms with Crippen molar-refractivity contribution in [1.82, 2.24) is 0 Å². The first-order chi connectivity index (χ1) is 17.1. The van der Waals surface area contributed by atoms with Gasteiger partial charge in [-0.15, -0.1) is 0 Å². The van der Waals surface area contributed by atoms with Gasteiger partial charge in [0.15, 0.2) is 0 Å². The van der Waals surface area contributed by atoms with Crippen molar-refractivity contribution in [2.24, 2.45) is 0 Å². The van der Waals surface area contributed by atoms with Gasteiger partial charge in [0.25, 0.3) is 0 Å². The number of halogens is 6. The molecule has 0 saturated carbocycles.